The molecule has 0 saturated heterocycles. The van der Waals surface area contributed by atoms with Gasteiger partial charge in [0.1, 0.15) is 0 Å². The van der Waals surface area contributed by atoms with Gasteiger partial charge in [-0.3, -0.25) is 9.36 Å². The van der Waals surface area contributed by atoms with Crippen molar-refractivity contribution in [3.8, 4) is 22.9 Å². The largest absolute Gasteiger partial charge is 0.493 e. The van der Waals surface area contributed by atoms with Gasteiger partial charge < -0.3 is 24.5 Å². The third-order valence-corrected chi connectivity index (χ3v) is 6.03. The molecule has 2 N–H and O–H groups in total. The number of nitrogens with one attached hydrogen (secondary N) is 2. The summed E-state index contributed by atoms with van der Waals surface area (Å²) in [5.74, 6) is 1.88. The Bertz CT molecular complexity index is 1250. The lowest BCUT2D eigenvalue weighted by Gasteiger charge is -2.11. The second-order valence-electron chi connectivity index (χ2n) is 7.11. The third kappa shape index (κ3) is 4.96. The van der Waals surface area contributed by atoms with Crippen LogP contribution >= 0.6 is 11.8 Å². The molecule has 33 heavy (non-hydrogen) atoms. The monoisotopic (exact) mass is 467 g/mol. The van der Waals surface area contributed by atoms with Crippen molar-refractivity contribution in [1.29, 1.82) is 0 Å². The minimum atomic E-state index is -0.165. The highest BCUT2D eigenvalue weighted by Gasteiger charge is 2.18. The van der Waals surface area contributed by atoms with E-state index >= 15 is 0 Å². The lowest BCUT2D eigenvalue weighted by molar-refractivity contribution is -0.113. The molecule has 0 radical (unpaired) electrons. The number of ether oxygens (including phenoxy) is 3. The number of fused-ring (bicyclic) bond motifs is 1. The molecule has 10 heteroatoms. The van der Waals surface area contributed by atoms with Gasteiger partial charge in [0.25, 0.3) is 0 Å². The Labute approximate surface area is 195 Å². The Hall–Kier alpha value is -3.50. The number of hydrogen-bond donors (Lipinski definition) is 2. The van der Waals surface area contributed by atoms with E-state index < -0.39 is 0 Å². The first-order valence-electron chi connectivity index (χ1n) is 10.3. The van der Waals surface area contributed by atoms with Crippen molar-refractivity contribution < 1.29 is 19.0 Å². The zero-order chi connectivity index (χ0) is 23.2. The molecule has 0 aliphatic heterocycles. The number of thioether (sulfide) groups is 1. The average Bonchev–Trinajstić information content (AvgIpc) is 3.44. The number of carbonyl (C=O) groups excluding carboxylic acids is 1. The van der Waals surface area contributed by atoms with Gasteiger partial charge in [-0.25, -0.2) is 0 Å². The number of rotatable bonds is 10. The van der Waals surface area contributed by atoms with Gasteiger partial charge in [0, 0.05) is 41.5 Å². The van der Waals surface area contributed by atoms with Gasteiger partial charge in [-0.1, -0.05) is 30.0 Å². The van der Waals surface area contributed by atoms with Gasteiger partial charge in [-0.2, -0.15) is 0 Å². The molecule has 2 aromatic carbocycles. The first-order chi connectivity index (χ1) is 16.1. The maximum absolute atomic E-state index is 12.6. The SMILES string of the molecule is COCCn1c(SCC(=O)Nc2ccc(OC)c(OC)c2)nnc1-c1c[nH]c2ccccc12. The molecule has 9 nitrogen and oxygen atoms in total. The zero-order valence-corrected chi connectivity index (χ0v) is 19.4. The van der Waals surface area contributed by atoms with Crippen LogP contribution in [0.4, 0.5) is 5.69 Å². The van der Waals surface area contributed by atoms with Gasteiger partial charge in [0.15, 0.2) is 22.5 Å². The van der Waals surface area contributed by atoms with E-state index in [0.29, 0.717) is 35.5 Å². The molecule has 2 aromatic heterocycles. The molecule has 0 bridgehead atoms. The number of aromatic amines is 1. The van der Waals surface area contributed by atoms with E-state index in [4.69, 9.17) is 14.2 Å². The standard InChI is InChI=1S/C23H25N5O4S/c1-30-11-10-28-22(17-13-24-18-7-5-4-6-16(17)18)26-27-23(28)33-14-21(29)25-15-8-9-19(31-2)20(12-15)32-3/h4-9,12-13,24H,10-11,14H2,1-3H3,(H,25,29). The van der Waals surface area contributed by atoms with Crippen molar-refractivity contribution in [2.75, 3.05) is 39.0 Å². The molecule has 0 spiro atoms. The number of methoxy groups -OCH3 is 3. The van der Waals surface area contributed by atoms with Crippen LogP contribution in [0.15, 0.2) is 53.8 Å². The van der Waals surface area contributed by atoms with Crippen LogP contribution in [-0.4, -0.2) is 59.3 Å². The number of amides is 1. The molecule has 0 saturated carbocycles. The molecule has 0 atom stereocenters. The number of carbonyl (C=O) groups is 1. The maximum Gasteiger partial charge on any atom is 0.234 e. The maximum atomic E-state index is 12.6. The van der Waals surface area contributed by atoms with Crippen molar-refractivity contribution in [3.63, 3.8) is 0 Å². The fourth-order valence-electron chi connectivity index (χ4n) is 3.48. The Morgan fingerprint density at radius 3 is 2.70 bits per heavy atom. The quantitative estimate of drug-likeness (QED) is 0.342. The summed E-state index contributed by atoms with van der Waals surface area (Å²) in [7, 11) is 4.77. The summed E-state index contributed by atoms with van der Waals surface area (Å²) < 4.78 is 17.8. The van der Waals surface area contributed by atoms with E-state index in [1.807, 2.05) is 35.0 Å². The van der Waals surface area contributed by atoms with Crippen LogP contribution in [-0.2, 0) is 16.1 Å². The second-order valence-corrected chi connectivity index (χ2v) is 8.05. The molecule has 4 rings (SSSR count). The molecule has 0 unspecified atom stereocenters. The second kappa shape index (κ2) is 10.4. The molecule has 4 aromatic rings. The predicted octanol–water partition coefficient (Wildman–Crippen LogP) is 3.82. The van der Waals surface area contributed by atoms with Crippen LogP contribution in [0.3, 0.4) is 0 Å². The van der Waals surface area contributed by atoms with Crippen LogP contribution in [0.1, 0.15) is 0 Å². The summed E-state index contributed by atoms with van der Waals surface area (Å²) in [6, 6.07) is 13.3. The topological polar surface area (TPSA) is 103 Å². The smallest absolute Gasteiger partial charge is 0.234 e. The number of H-pyrrole nitrogens is 1. The highest BCUT2D eigenvalue weighted by Crippen LogP contribution is 2.31. The van der Waals surface area contributed by atoms with Crippen molar-refractivity contribution in [2.45, 2.75) is 11.7 Å². The first-order valence-corrected chi connectivity index (χ1v) is 11.3. The Morgan fingerprint density at radius 2 is 1.91 bits per heavy atom. The summed E-state index contributed by atoms with van der Waals surface area (Å²) in [4.78, 5) is 15.9. The van der Waals surface area contributed by atoms with Crippen LogP contribution in [0.2, 0.25) is 0 Å². The molecule has 0 aliphatic rings. The molecule has 172 valence electrons. The third-order valence-electron chi connectivity index (χ3n) is 5.07. The van der Waals surface area contributed by atoms with Crippen LogP contribution < -0.4 is 14.8 Å². The van der Waals surface area contributed by atoms with Gasteiger partial charge in [0.05, 0.1) is 33.1 Å². The van der Waals surface area contributed by atoms with Crippen molar-refractivity contribution in [1.82, 2.24) is 19.7 Å². The zero-order valence-electron chi connectivity index (χ0n) is 18.6. The first kappa shape index (κ1) is 22.7. The summed E-state index contributed by atoms with van der Waals surface area (Å²) in [5.41, 5.74) is 2.60. The van der Waals surface area contributed by atoms with Gasteiger partial charge in [-0.15, -0.1) is 10.2 Å². The van der Waals surface area contributed by atoms with E-state index in [2.05, 4.69) is 20.5 Å². The molecule has 0 aliphatic carbocycles. The lowest BCUT2D eigenvalue weighted by Crippen LogP contribution is -2.15. The molecule has 1 amide bonds. The normalized spacial score (nSPS) is 11.0. The van der Waals surface area contributed by atoms with Crippen LogP contribution in [0.5, 0.6) is 11.5 Å². The number of para-hydroxylation sites is 1. The van der Waals surface area contributed by atoms with E-state index in [1.54, 1.807) is 39.5 Å². The molecule has 2 heterocycles. The predicted molar refractivity (Wildman–Crippen MR) is 128 cm³/mol. The van der Waals surface area contributed by atoms with Crippen LogP contribution in [0.25, 0.3) is 22.3 Å². The van der Waals surface area contributed by atoms with Crippen molar-refractivity contribution in [2.24, 2.45) is 0 Å². The summed E-state index contributed by atoms with van der Waals surface area (Å²) in [5, 5.41) is 13.4. The van der Waals surface area contributed by atoms with Gasteiger partial charge in [0.2, 0.25) is 5.91 Å². The summed E-state index contributed by atoms with van der Waals surface area (Å²) in [6.45, 7) is 1.07. The Balaban J connectivity index is 1.50. The summed E-state index contributed by atoms with van der Waals surface area (Å²) >= 11 is 1.32. The van der Waals surface area contributed by atoms with E-state index in [9.17, 15) is 4.79 Å². The van der Waals surface area contributed by atoms with E-state index in [-0.39, 0.29) is 11.7 Å². The number of nitrogens with zero attached hydrogens (tertiary/aromatic N) is 3. The van der Waals surface area contributed by atoms with Crippen molar-refractivity contribution in [3.05, 3.63) is 48.7 Å². The lowest BCUT2D eigenvalue weighted by atomic mass is 10.1. The molecular formula is C23H25N5O4S. The fourth-order valence-corrected chi connectivity index (χ4v) is 4.24. The Kier molecular flexibility index (Phi) is 7.16. The van der Waals surface area contributed by atoms with E-state index in [1.165, 1.54) is 11.8 Å². The number of hydrogen-bond acceptors (Lipinski definition) is 7. The minimum Gasteiger partial charge on any atom is -0.493 e. The average molecular weight is 468 g/mol. The van der Waals surface area contributed by atoms with Crippen LogP contribution in [0, 0.1) is 0 Å². The van der Waals surface area contributed by atoms with Gasteiger partial charge in [-0.05, 0) is 18.2 Å². The summed E-state index contributed by atoms with van der Waals surface area (Å²) in [6.07, 6.45) is 1.93. The Morgan fingerprint density at radius 1 is 1.09 bits per heavy atom. The number of aromatic nitrogens is 4. The number of anilines is 1. The van der Waals surface area contributed by atoms with Gasteiger partial charge >= 0.3 is 0 Å². The fraction of sp³-hybridized carbons (Fsp3) is 0.261. The minimum absolute atomic E-state index is 0.165. The molecular weight excluding hydrogens is 442 g/mol. The number of benzene rings is 2. The molecule has 0 fully saturated rings. The highest BCUT2D eigenvalue weighted by molar-refractivity contribution is 7.99. The highest BCUT2D eigenvalue weighted by atomic mass is 32.2. The van der Waals surface area contributed by atoms with E-state index in [0.717, 1.165) is 22.3 Å². The van der Waals surface area contributed by atoms with Crippen molar-refractivity contribution >= 4 is 34.3 Å².